The number of aromatic nitrogens is 1. The van der Waals surface area contributed by atoms with Gasteiger partial charge in [-0.15, -0.1) is 0 Å². The van der Waals surface area contributed by atoms with E-state index < -0.39 is 17.8 Å². The van der Waals surface area contributed by atoms with Gasteiger partial charge in [-0.1, -0.05) is 18.2 Å². The molecule has 0 aliphatic heterocycles. The Bertz CT molecular complexity index is 994. The zero-order valence-electron chi connectivity index (χ0n) is 14.6. The summed E-state index contributed by atoms with van der Waals surface area (Å²) in [5, 5.41) is 5.90. The number of anilines is 2. The van der Waals surface area contributed by atoms with Gasteiger partial charge in [0.05, 0.1) is 23.4 Å². The van der Waals surface area contributed by atoms with Gasteiger partial charge in [0.1, 0.15) is 0 Å². The number of nitrogens with one attached hydrogen (secondary N) is 2. The predicted molar refractivity (Wildman–Crippen MR) is 101 cm³/mol. The zero-order valence-corrected chi connectivity index (χ0v) is 14.6. The molecule has 0 atom stereocenters. The van der Waals surface area contributed by atoms with Gasteiger partial charge in [-0.2, -0.15) is 0 Å². The molecule has 2 N–H and O–H groups in total. The quantitative estimate of drug-likeness (QED) is 0.549. The van der Waals surface area contributed by atoms with Crippen molar-refractivity contribution in [3.05, 3.63) is 66.4 Å². The smallest absolute Gasteiger partial charge is 0.338 e. The van der Waals surface area contributed by atoms with Crippen molar-refractivity contribution in [1.82, 2.24) is 4.98 Å². The number of para-hydroxylation sites is 1. The molecule has 0 bridgehead atoms. The number of carbonyl (C=O) groups excluding carboxylic acids is 3. The molecule has 0 aliphatic rings. The minimum atomic E-state index is -0.827. The Labute approximate surface area is 155 Å². The average Bonchev–Trinajstić information content (AvgIpc) is 2.69. The second-order valence-electron chi connectivity index (χ2n) is 5.59. The van der Waals surface area contributed by atoms with Crippen LogP contribution in [0.5, 0.6) is 0 Å². The highest BCUT2D eigenvalue weighted by molar-refractivity contribution is 6.44. The molecule has 0 saturated carbocycles. The standard InChI is InChI=1S/C20H17N3O4/c1-2-27-20(26)14-8-10-15(11-9-14)22-18(24)19(25)23-16-7-3-5-13-6-4-12-21-17(13)16/h3-12H,2H2,1H3,(H,22,24)(H,23,25). The lowest BCUT2D eigenvalue weighted by Crippen LogP contribution is -2.29. The van der Waals surface area contributed by atoms with Crippen LogP contribution in [-0.4, -0.2) is 29.4 Å². The lowest BCUT2D eigenvalue weighted by Gasteiger charge is -2.09. The lowest BCUT2D eigenvalue weighted by molar-refractivity contribution is -0.132. The second kappa shape index (κ2) is 8.09. The van der Waals surface area contributed by atoms with E-state index in [1.807, 2.05) is 12.1 Å². The molecule has 0 fully saturated rings. The molecule has 0 aliphatic carbocycles. The van der Waals surface area contributed by atoms with Gasteiger partial charge < -0.3 is 15.4 Å². The summed E-state index contributed by atoms with van der Waals surface area (Å²) in [5.41, 5.74) is 1.80. The molecule has 0 radical (unpaired) electrons. The molecular formula is C20H17N3O4. The Balaban J connectivity index is 1.67. The van der Waals surface area contributed by atoms with Crippen LogP contribution in [0.3, 0.4) is 0 Å². The summed E-state index contributed by atoms with van der Waals surface area (Å²) in [6.07, 6.45) is 1.61. The highest BCUT2D eigenvalue weighted by Crippen LogP contribution is 2.20. The molecule has 2 amide bonds. The number of pyridine rings is 1. The Morgan fingerprint density at radius 1 is 0.926 bits per heavy atom. The van der Waals surface area contributed by atoms with Gasteiger partial charge >= 0.3 is 17.8 Å². The molecule has 1 heterocycles. The van der Waals surface area contributed by atoms with E-state index in [1.54, 1.807) is 31.3 Å². The Hall–Kier alpha value is -3.74. The van der Waals surface area contributed by atoms with Crippen molar-refractivity contribution >= 4 is 40.1 Å². The van der Waals surface area contributed by atoms with Gasteiger partial charge in [0.2, 0.25) is 0 Å². The van der Waals surface area contributed by atoms with Crippen LogP contribution in [0.2, 0.25) is 0 Å². The number of amides is 2. The predicted octanol–water partition coefficient (Wildman–Crippen LogP) is 2.99. The minimum absolute atomic E-state index is 0.278. The van der Waals surface area contributed by atoms with Crippen LogP contribution in [0.4, 0.5) is 11.4 Å². The van der Waals surface area contributed by atoms with Crippen LogP contribution < -0.4 is 10.6 Å². The number of rotatable bonds is 4. The number of ether oxygens (including phenoxy) is 1. The first-order chi connectivity index (χ1) is 13.1. The molecule has 0 spiro atoms. The van der Waals surface area contributed by atoms with E-state index in [0.29, 0.717) is 22.5 Å². The van der Waals surface area contributed by atoms with Crippen LogP contribution in [0.1, 0.15) is 17.3 Å². The van der Waals surface area contributed by atoms with Crippen molar-refractivity contribution < 1.29 is 19.1 Å². The molecule has 3 rings (SSSR count). The molecule has 2 aromatic carbocycles. The topological polar surface area (TPSA) is 97.4 Å². The number of esters is 1. The number of benzene rings is 2. The third-order valence-electron chi connectivity index (χ3n) is 3.74. The summed E-state index contributed by atoms with van der Waals surface area (Å²) in [7, 11) is 0. The third-order valence-corrected chi connectivity index (χ3v) is 3.74. The van der Waals surface area contributed by atoms with Gasteiger partial charge in [-0.05, 0) is 43.3 Å². The maximum Gasteiger partial charge on any atom is 0.338 e. The van der Waals surface area contributed by atoms with Crippen molar-refractivity contribution in [3.8, 4) is 0 Å². The minimum Gasteiger partial charge on any atom is -0.462 e. The third kappa shape index (κ3) is 4.27. The Morgan fingerprint density at radius 2 is 1.63 bits per heavy atom. The molecule has 1 aromatic heterocycles. The molecule has 0 unspecified atom stereocenters. The largest absolute Gasteiger partial charge is 0.462 e. The first-order valence-electron chi connectivity index (χ1n) is 8.31. The molecule has 3 aromatic rings. The van der Waals surface area contributed by atoms with Crippen molar-refractivity contribution in [3.63, 3.8) is 0 Å². The van der Waals surface area contributed by atoms with Crippen LogP contribution in [0, 0.1) is 0 Å². The van der Waals surface area contributed by atoms with Crippen molar-refractivity contribution in [2.24, 2.45) is 0 Å². The Kier molecular flexibility index (Phi) is 5.41. The summed E-state index contributed by atoms with van der Waals surface area (Å²) in [5.74, 6) is -2.09. The van der Waals surface area contributed by atoms with Gasteiger partial charge in [-0.25, -0.2) is 4.79 Å². The number of hydrogen-bond donors (Lipinski definition) is 2. The maximum atomic E-state index is 12.2. The van der Waals surface area contributed by atoms with E-state index in [1.165, 1.54) is 24.3 Å². The van der Waals surface area contributed by atoms with E-state index in [-0.39, 0.29) is 6.61 Å². The fraction of sp³-hybridized carbons (Fsp3) is 0.100. The highest BCUT2D eigenvalue weighted by atomic mass is 16.5. The molecule has 7 nitrogen and oxygen atoms in total. The van der Waals surface area contributed by atoms with Gasteiger partial charge in [0.15, 0.2) is 0 Å². The molecule has 0 saturated heterocycles. The normalized spacial score (nSPS) is 10.3. The molecule has 7 heteroatoms. The van der Waals surface area contributed by atoms with Crippen molar-refractivity contribution in [2.75, 3.05) is 17.2 Å². The van der Waals surface area contributed by atoms with E-state index in [9.17, 15) is 14.4 Å². The van der Waals surface area contributed by atoms with E-state index in [2.05, 4.69) is 15.6 Å². The number of hydrogen-bond acceptors (Lipinski definition) is 5. The summed E-state index contributed by atoms with van der Waals surface area (Å²) in [6, 6.07) is 15.0. The number of carbonyl (C=O) groups is 3. The Morgan fingerprint density at radius 3 is 2.37 bits per heavy atom. The molecule has 27 heavy (non-hydrogen) atoms. The monoisotopic (exact) mass is 363 g/mol. The summed E-state index contributed by atoms with van der Waals surface area (Å²) < 4.78 is 4.89. The molecule has 136 valence electrons. The number of fused-ring (bicyclic) bond motifs is 1. The SMILES string of the molecule is CCOC(=O)c1ccc(NC(=O)C(=O)Nc2cccc3cccnc23)cc1. The number of nitrogens with zero attached hydrogens (tertiary/aromatic N) is 1. The van der Waals surface area contributed by atoms with Crippen molar-refractivity contribution in [1.29, 1.82) is 0 Å². The fourth-order valence-electron chi connectivity index (χ4n) is 2.48. The highest BCUT2D eigenvalue weighted by Gasteiger charge is 2.16. The van der Waals surface area contributed by atoms with E-state index in [0.717, 1.165) is 5.39 Å². The first kappa shape index (κ1) is 18.1. The van der Waals surface area contributed by atoms with Crippen LogP contribution in [0.25, 0.3) is 10.9 Å². The fourth-order valence-corrected chi connectivity index (χ4v) is 2.48. The van der Waals surface area contributed by atoms with E-state index >= 15 is 0 Å². The summed E-state index contributed by atoms with van der Waals surface area (Å²) in [4.78, 5) is 40.2. The van der Waals surface area contributed by atoms with E-state index in [4.69, 9.17) is 4.74 Å². The van der Waals surface area contributed by atoms with Gasteiger partial charge in [0, 0.05) is 17.3 Å². The second-order valence-corrected chi connectivity index (χ2v) is 5.59. The van der Waals surface area contributed by atoms with Gasteiger partial charge in [0.25, 0.3) is 0 Å². The zero-order chi connectivity index (χ0) is 19.2. The summed E-state index contributed by atoms with van der Waals surface area (Å²) >= 11 is 0. The lowest BCUT2D eigenvalue weighted by atomic mass is 10.2. The van der Waals surface area contributed by atoms with Gasteiger partial charge in [-0.3, -0.25) is 14.6 Å². The molecular weight excluding hydrogens is 346 g/mol. The van der Waals surface area contributed by atoms with Crippen molar-refractivity contribution in [2.45, 2.75) is 6.92 Å². The maximum absolute atomic E-state index is 12.2. The van der Waals surface area contributed by atoms with Crippen LogP contribution in [-0.2, 0) is 14.3 Å². The average molecular weight is 363 g/mol. The summed E-state index contributed by atoms with van der Waals surface area (Å²) in [6.45, 7) is 2.00. The van der Waals surface area contributed by atoms with Crippen LogP contribution >= 0.6 is 0 Å². The first-order valence-corrected chi connectivity index (χ1v) is 8.31. The van der Waals surface area contributed by atoms with Crippen LogP contribution in [0.15, 0.2) is 60.8 Å².